The Bertz CT molecular complexity index is 484. The van der Waals surface area contributed by atoms with E-state index in [4.69, 9.17) is 0 Å². The van der Waals surface area contributed by atoms with Crippen LogP contribution in [0.2, 0.25) is 0 Å². The van der Waals surface area contributed by atoms with Crippen molar-refractivity contribution in [3.8, 4) is 0 Å². The van der Waals surface area contributed by atoms with Crippen LogP contribution in [0, 0.1) is 0 Å². The van der Waals surface area contributed by atoms with Crippen LogP contribution in [0.4, 0.5) is 13.2 Å². The number of nitrogens with zero attached hydrogens (tertiary/aromatic N) is 2. The lowest BCUT2D eigenvalue weighted by molar-refractivity contribution is -0.128. The third kappa shape index (κ3) is 3.72. The maximum atomic E-state index is 12.0. The summed E-state index contributed by atoms with van der Waals surface area (Å²) in [5.41, 5.74) is 2.03. The Morgan fingerprint density at radius 2 is 2.30 bits per heavy atom. The molecule has 0 aliphatic heterocycles. The number of hydrogen-bond donors (Lipinski definition) is 2. The molecule has 112 valence electrons. The van der Waals surface area contributed by atoms with Gasteiger partial charge in [0, 0.05) is 18.3 Å². The third-order valence-electron chi connectivity index (χ3n) is 3.32. The van der Waals surface area contributed by atoms with Gasteiger partial charge in [0.1, 0.15) is 0 Å². The number of nitrogens with one attached hydrogen (secondary N) is 2. The maximum Gasteiger partial charge on any atom is 0.401 e. The average molecular weight is 290 g/mol. The van der Waals surface area contributed by atoms with E-state index in [1.54, 1.807) is 10.9 Å². The van der Waals surface area contributed by atoms with Gasteiger partial charge in [-0.15, -0.1) is 0 Å². The lowest BCUT2D eigenvalue weighted by Gasteiger charge is -2.24. The second-order valence-corrected chi connectivity index (χ2v) is 4.90. The van der Waals surface area contributed by atoms with Crippen LogP contribution in [0.3, 0.4) is 0 Å². The summed E-state index contributed by atoms with van der Waals surface area (Å²) in [6.07, 6.45) is 0.0198. The summed E-state index contributed by atoms with van der Waals surface area (Å²) in [6, 6.07) is -0.160. The molecule has 1 aromatic rings. The minimum absolute atomic E-state index is 0.160. The summed E-state index contributed by atoms with van der Waals surface area (Å²) < 4.78 is 37.7. The molecule has 0 bridgehead atoms. The van der Waals surface area contributed by atoms with Crippen molar-refractivity contribution in [3.05, 3.63) is 17.5 Å². The molecule has 0 saturated heterocycles. The van der Waals surface area contributed by atoms with Crippen LogP contribution in [0.1, 0.15) is 30.1 Å². The third-order valence-corrected chi connectivity index (χ3v) is 3.32. The second-order valence-electron chi connectivity index (χ2n) is 4.90. The highest BCUT2D eigenvalue weighted by molar-refractivity contribution is 5.78. The SMILES string of the molecule is Cn1ncc2c1CCCC2NC(=O)CNCC(F)(F)F. The van der Waals surface area contributed by atoms with Crippen LogP contribution in [0.25, 0.3) is 0 Å². The number of rotatable bonds is 4. The number of carbonyl (C=O) groups excluding carboxylic acids is 1. The summed E-state index contributed by atoms with van der Waals surface area (Å²) in [5.74, 6) is -0.434. The van der Waals surface area contributed by atoms with E-state index >= 15 is 0 Å². The molecule has 5 nitrogen and oxygen atoms in total. The first kappa shape index (κ1) is 14.8. The lowest BCUT2D eigenvalue weighted by atomic mass is 9.93. The number of amides is 1. The van der Waals surface area contributed by atoms with Crippen molar-refractivity contribution in [1.29, 1.82) is 0 Å². The first-order valence-electron chi connectivity index (χ1n) is 6.44. The van der Waals surface area contributed by atoms with E-state index in [0.717, 1.165) is 30.5 Å². The Balaban J connectivity index is 1.86. The number of hydrogen-bond acceptors (Lipinski definition) is 3. The van der Waals surface area contributed by atoms with Crippen LogP contribution in [0.15, 0.2) is 6.20 Å². The molecule has 8 heteroatoms. The molecule has 0 fully saturated rings. The van der Waals surface area contributed by atoms with Crippen molar-refractivity contribution in [3.63, 3.8) is 0 Å². The minimum Gasteiger partial charge on any atom is -0.348 e. The molecule has 1 heterocycles. The molecule has 1 unspecified atom stereocenters. The summed E-state index contributed by atoms with van der Waals surface area (Å²) in [6.45, 7) is -1.51. The van der Waals surface area contributed by atoms with Crippen molar-refractivity contribution in [2.45, 2.75) is 31.5 Å². The number of alkyl halides is 3. The van der Waals surface area contributed by atoms with Crippen LogP contribution in [-0.2, 0) is 18.3 Å². The monoisotopic (exact) mass is 290 g/mol. The van der Waals surface area contributed by atoms with Gasteiger partial charge in [-0.25, -0.2) is 0 Å². The molecule has 0 spiro atoms. The smallest absolute Gasteiger partial charge is 0.348 e. The molecule has 0 radical (unpaired) electrons. The standard InChI is InChI=1S/C12H17F3N4O/c1-19-10-4-2-3-9(8(10)5-17-19)18-11(20)6-16-7-12(13,14)15/h5,9,16H,2-4,6-7H2,1H3,(H,18,20). The van der Waals surface area contributed by atoms with Gasteiger partial charge >= 0.3 is 6.18 Å². The molecule has 1 aliphatic rings. The molecular weight excluding hydrogens is 273 g/mol. The Labute approximate surface area is 114 Å². The first-order chi connectivity index (χ1) is 9.37. The molecule has 1 amide bonds. The largest absolute Gasteiger partial charge is 0.401 e. The Hall–Kier alpha value is -1.57. The van der Waals surface area contributed by atoms with E-state index < -0.39 is 18.6 Å². The quantitative estimate of drug-likeness (QED) is 0.872. The predicted molar refractivity (Wildman–Crippen MR) is 66.0 cm³/mol. The Morgan fingerprint density at radius 1 is 1.55 bits per heavy atom. The summed E-state index contributed by atoms with van der Waals surface area (Å²) in [5, 5.41) is 8.99. The van der Waals surface area contributed by atoms with Gasteiger partial charge in [0.2, 0.25) is 5.91 Å². The fourth-order valence-corrected chi connectivity index (χ4v) is 2.42. The molecule has 1 atom stereocenters. The predicted octanol–water partition coefficient (Wildman–Crippen LogP) is 1.07. The van der Waals surface area contributed by atoms with Crippen LogP contribution in [-0.4, -0.2) is 35.0 Å². The van der Waals surface area contributed by atoms with Crippen LogP contribution in [0.5, 0.6) is 0 Å². The Kier molecular flexibility index (Phi) is 4.32. The van der Waals surface area contributed by atoms with E-state index in [1.807, 2.05) is 7.05 Å². The van der Waals surface area contributed by atoms with Gasteiger partial charge in [0.05, 0.1) is 25.3 Å². The topological polar surface area (TPSA) is 59.0 Å². The van der Waals surface area contributed by atoms with Gasteiger partial charge in [0.15, 0.2) is 0 Å². The molecule has 1 aliphatic carbocycles. The number of fused-ring (bicyclic) bond motifs is 1. The maximum absolute atomic E-state index is 12.0. The number of halogens is 3. The van der Waals surface area contributed by atoms with E-state index in [1.165, 1.54) is 0 Å². The van der Waals surface area contributed by atoms with Crippen LogP contribution >= 0.6 is 0 Å². The van der Waals surface area contributed by atoms with Crippen molar-refractivity contribution in [2.24, 2.45) is 7.05 Å². The highest BCUT2D eigenvalue weighted by atomic mass is 19.4. The van der Waals surface area contributed by atoms with Crippen molar-refractivity contribution in [2.75, 3.05) is 13.1 Å². The molecule has 2 rings (SSSR count). The lowest BCUT2D eigenvalue weighted by Crippen LogP contribution is -2.40. The van der Waals surface area contributed by atoms with Gasteiger partial charge in [-0.2, -0.15) is 18.3 Å². The highest BCUT2D eigenvalue weighted by Gasteiger charge is 2.27. The fraction of sp³-hybridized carbons (Fsp3) is 0.667. The number of aryl methyl sites for hydroxylation is 1. The summed E-state index contributed by atoms with van der Waals surface area (Å²) >= 11 is 0. The zero-order chi connectivity index (χ0) is 14.8. The normalized spacial score (nSPS) is 18.7. The molecule has 0 aromatic carbocycles. The van der Waals surface area contributed by atoms with Crippen LogP contribution < -0.4 is 10.6 Å². The van der Waals surface area contributed by atoms with Gasteiger partial charge in [-0.1, -0.05) is 0 Å². The summed E-state index contributed by atoms with van der Waals surface area (Å²) in [7, 11) is 1.84. The number of carbonyl (C=O) groups is 1. The molecule has 1 aromatic heterocycles. The van der Waals surface area contributed by atoms with Gasteiger partial charge in [-0.3, -0.25) is 9.48 Å². The second kappa shape index (κ2) is 5.82. The zero-order valence-electron chi connectivity index (χ0n) is 11.1. The van der Waals surface area contributed by atoms with E-state index in [2.05, 4.69) is 15.7 Å². The first-order valence-corrected chi connectivity index (χ1v) is 6.44. The average Bonchev–Trinajstić information content (AvgIpc) is 2.71. The minimum atomic E-state index is -4.30. The van der Waals surface area contributed by atoms with Gasteiger partial charge in [-0.05, 0) is 19.3 Å². The van der Waals surface area contributed by atoms with Crippen molar-refractivity contribution < 1.29 is 18.0 Å². The van der Waals surface area contributed by atoms with E-state index in [9.17, 15) is 18.0 Å². The highest BCUT2D eigenvalue weighted by Crippen LogP contribution is 2.28. The summed E-state index contributed by atoms with van der Waals surface area (Å²) in [4.78, 5) is 11.6. The van der Waals surface area contributed by atoms with Crippen molar-refractivity contribution in [1.82, 2.24) is 20.4 Å². The molecule has 20 heavy (non-hydrogen) atoms. The zero-order valence-corrected chi connectivity index (χ0v) is 11.1. The molecular formula is C12H17F3N4O. The fourth-order valence-electron chi connectivity index (χ4n) is 2.42. The van der Waals surface area contributed by atoms with Crippen molar-refractivity contribution >= 4 is 5.91 Å². The number of aromatic nitrogens is 2. The molecule has 2 N–H and O–H groups in total. The molecule has 0 saturated carbocycles. The van der Waals surface area contributed by atoms with E-state index in [0.29, 0.717) is 0 Å². The van der Waals surface area contributed by atoms with E-state index in [-0.39, 0.29) is 12.6 Å². The van der Waals surface area contributed by atoms with Gasteiger partial charge < -0.3 is 10.6 Å². The Morgan fingerprint density at radius 3 is 3.00 bits per heavy atom. The van der Waals surface area contributed by atoms with Gasteiger partial charge in [0.25, 0.3) is 0 Å².